The zero-order valence-corrected chi connectivity index (χ0v) is 12.4. The average Bonchev–Trinajstić information content (AvgIpc) is 3.23. The zero-order valence-electron chi connectivity index (χ0n) is 12.4. The minimum Gasteiger partial charge on any atom is -0.374 e. The molecule has 0 radical (unpaired) electrons. The molecule has 1 saturated heterocycles. The Morgan fingerprint density at radius 3 is 2.95 bits per heavy atom. The van der Waals surface area contributed by atoms with Gasteiger partial charge in [0.05, 0.1) is 17.6 Å². The smallest absolute Gasteiger partial charge is 0.333 e. The molecule has 8 nitrogen and oxygen atoms in total. The van der Waals surface area contributed by atoms with Crippen molar-refractivity contribution in [2.45, 2.75) is 31.9 Å². The number of aryl methyl sites for hydroxylation is 2. The SMILES string of the molecule is Cc1nn(C)c(NCC2CN(C3CC3)CCO2)c1[N+](=O)[O-]. The fourth-order valence-corrected chi connectivity index (χ4v) is 2.91. The molecule has 1 aliphatic carbocycles. The molecule has 0 aromatic carbocycles. The number of anilines is 1. The van der Waals surface area contributed by atoms with Crippen LogP contribution >= 0.6 is 0 Å². The highest BCUT2D eigenvalue weighted by molar-refractivity contribution is 5.59. The quantitative estimate of drug-likeness (QED) is 0.642. The first-order chi connectivity index (χ1) is 10.1. The standard InChI is InChI=1S/C13H21N5O3/c1-9-12(18(19)20)13(16(2)15-9)14-7-11-8-17(5-6-21-11)10-3-4-10/h10-11,14H,3-8H2,1-2H3. The highest BCUT2D eigenvalue weighted by atomic mass is 16.6. The molecule has 1 aromatic heterocycles. The van der Waals surface area contributed by atoms with Crippen LogP contribution in [0.3, 0.4) is 0 Å². The maximum absolute atomic E-state index is 11.1. The minimum atomic E-state index is -0.386. The van der Waals surface area contributed by atoms with Crippen LogP contribution in [0.25, 0.3) is 0 Å². The van der Waals surface area contributed by atoms with Crippen molar-refractivity contribution in [2.24, 2.45) is 7.05 Å². The number of ether oxygens (including phenoxy) is 1. The lowest BCUT2D eigenvalue weighted by Gasteiger charge is -2.33. The van der Waals surface area contributed by atoms with Crippen molar-refractivity contribution in [2.75, 3.05) is 31.6 Å². The Balaban J connectivity index is 1.63. The lowest BCUT2D eigenvalue weighted by atomic mass is 10.2. The zero-order chi connectivity index (χ0) is 15.0. The molecule has 8 heteroatoms. The van der Waals surface area contributed by atoms with E-state index in [4.69, 9.17) is 4.74 Å². The number of rotatable bonds is 5. The van der Waals surface area contributed by atoms with Crippen molar-refractivity contribution < 1.29 is 9.66 Å². The summed E-state index contributed by atoms with van der Waals surface area (Å²) in [7, 11) is 1.71. The first-order valence-electron chi connectivity index (χ1n) is 7.33. The van der Waals surface area contributed by atoms with Crippen LogP contribution in [0.15, 0.2) is 0 Å². The van der Waals surface area contributed by atoms with Crippen LogP contribution in [-0.2, 0) is 11.8 Å². The molecule has 1 aromatic rings. The minimum absolute atomic E-state index is 0.0485. The van der Waals surface area contributed by atoms with Crippen molar-refractivity contribution >= 4 is 11.5 Å². The average molecular weight is 295 g/mol. The molecule has 1 aliphatic heterocycles. The van der Waals surface area contributed by atoms with Crippen LogP contribution < -0.4 is 5.32 Å². The topological polar surface area (TPSA) is 85.5 Å². The van der Waals surface area contributed by atoms with E-state index in [9.17, 15) is 10.1 Å². The Bertz CT molecular complexity index is 540. The molecule has 2 heterocycles. The van der Waals surface area contributed by atoms with Crippen LogP contribution in [0.1, 0.15) is 18.5 Å². The maximum atomic E-state index is 11.1. The van der Waals surface area contributed by atoms with Crippen LogP contribution in [0.2, 0.25) is 0 Å². The molecule has 1 saturated carbocycles. The molecule has 0 amide bonds. The summed E-state index contributed by atoms with van der Waals surface area (Å²) >= 11 is 0. The number of nitro groups is 1. The Kier molecular flexibility index (Phi) is 3.81. The Morgan fingerprint density at radius 2 is 2.29 bits per heavy atom. The third-order valence-corrected chi connectivity index (χ3v) is 4.10. The summed E-state index contributed by atoms with van der Waals surface area (Å²) in [5, 5.41) is 18.4. The van der Waals surface area contributed by atoms with Crippen LogP contribution in [-0.4, -0.2) is 58.0 Å². The van der Waals surface area contributed by atoms with E-state index >= 15 is 0 Å². The van der Waals surface area contributed by atoms with Gasteiger partial charge >= 0.3 is 5.69 Å². The van der Waals surface area contributed by atoms with E-state index in [1.807, 2.05) is 0 Å². The molecule has 2 fully saturated rings. The lowest BCUT2D eigenvalue weighted by molar-refractivity contribution is -0.384. The summed E-state index contributed by atoms with van der Waals surface area (Å²) in [6.45, 7) is 4.82. The van der Waals surface area contributed by atoms with E-state index < -0.39 is 0 Å². The van der Waals surface area contributed by atoms with E-state index in [2.05, 4.69) is 15.3 Å². The van der Waals surface area contributed by atoms with Gasteiger partial charge in [0.1, 0.15) is 5.69 Å². The second-order valence-electron chi connectivity index (χ2n) is 5.76. The van der Waals surface area contributed by atoms with E-state index in [1.165, 1.54) is 17.5 Å². The van der Waals surface area contributed by atoms with E-state index in [0.717, 1.165) is 25.7 Å². The van der Waals surface area contributed by atoms with Crippen molar-refractivity contribution in [3.63, 3.8) is 0 Å². The van der Waals surface area contributed by atoms with Gasteiger partial charge in [-0.25, -0.2) is 4.68 Å². The molecule has 0 spiro atoms. The summed E-state index contributed by atoms with van der Waals surface area (Å²) in [6, 6.07) is 0.727. The van der Waals surface area contributed by atoms with Crippen LogP contribution in [0.5, 0.6) is 0 Å². The third-order valence-electron chi connectivity index (χ3n) is 4.10. The van der Waals surface area contributed by atoms with Gasteiger partial charge in [-0.05, 0) is 19.8 Å². The Labute approximate surface area is 123 Å². The molecular weight excluding hydrogens is 274 g/mol. The van der Waals surface area contributed by atoms with Gasteiger partial charge in [0.2, 0.25) is 5.82 Å². The summed E-state index contributed by atoms with van der Waals surface area (Å²) < 4.78 is 7.27. The highest BCUT2D eigenvalue weighted by Gasteiger charge is 2.33. The van der Waals surface area contributed by atoms with Gasteiger partial charge < -0.3 is 10.1 Å². The van der Waals surface area contributed by atoms with E-state index in [-0.39, 0.29) is 16.7 Å². The van der Waals surface area contributed by atoms with E-state index in [1.54, 1.807) is 14.0 Å². The third kappa shape index (κ3) is 3.01. The second-order valence-corrected chi connectivity index (χ2v) is 5.76. The second kappa shape index (κ2) is 5.61. The summed E-state index contributed by atoms with van der Waals surface area (Å²) in [5.41, 5.74) is 0.474. The number of aromatic nitrogens is 2. The van der Waals surface area contributed by atoms with Gasteiger partial charge in [-0.1, -0.05) is 0 Å². The van der Waals surface area contributed by atoms with Gasteiger partial charge in [0, 0.05) is 32.7 Å². The van der Waals surface area contributed by atoms with Gasteiger partial charge in [-0.15, -0.1) is 0 Å². The lowest BCUT2D eigenvalue weighted by Crippen LogP contribution is -2.46. The number of hydrogen-bond acceptors (Lipinski definition) is 6. The number of hydrogen-bond donors (Lipinski definition) is 1. The first-order valence-corrected chi connectivity index (χ1v) is 7.33. The summed E-state index contributed by atoms with van der Waals surface area (Å²) in [4.78, 5) is 13.2. The van der Waals surface area contributed by atoms with Crippen LogP contribution in [0.4, 0.5) is 11.5 Å². The predicted molar refractivity (Wildman–Crippen MR) is 77.4 cm³/mol. The highest BCUT2D eigenvalue weighted by Crippen LogP contribution is 2.29. The molecule has 1 N–H and O–H groups in total. The first kappa shape index (κ1) is 14.3. The Hall–Kier alpha value is -1.67. The summed E-state index contributed by atoms with van der Waals surface area (Å²) in [5.74, 6) is 0.449. The van der Waals surface area contributed by atoms with Crippen molar-refractivity contribution in [1.29, 1.82) is 0 Å². The molecule has 116 valence electrons. The number of nitrogens with zero attached hydrogens (tertiary/aromatic N) is 4. The van der Waals surface area contributed by atoms with Gasteiger partial charge in [-0.3, -0.25) is 15.0 Å². The molecule has 1 atom stereocenters. The predicted octanol–water partition coefficient (Wildman–Crippen LogP) is 0.912. The Morgan fingerprint density at radius 1 is 1.52 bits per heavy atom. The molecule has 3 rings (SSSR count). The van der Waals surface area contributed by atoms with Gasteiger partial charge in [0.15, 0.2) is 0 Å². The molecule has 1 unspecified atom stereocenters. The van der Waals surface area contributed by atoms with Crippen molar-refractivity contribution in [3.8, 4) is 0 Å². The van der Waals surface area contributed by atoms with E-state index in [0.29, 0.717) is 18.1 Å². The largest absolute Gasteiger partial charge is 0.374 e. The van der Waals surface area contributed by atoms with Gasteiger partial charge in [-0.2, -0.15) is 5.10 Å². The molecular formula is C13H21N5O3. The summed E-state index contributed by atoms with van der Waals surface area (Å²) in [6.07, 6.45) is 2.63. The molecule has 21 heavy (non-hydrogen) atoms. The van der Waals surface area contributed by atoms with Crippen LogP contribution in [0, 0.1) is 17.0 Å². The van der Waals surface area contributed by atoms with Crippen molar-refractivity contribution in [3.05, 3.63) is 15.8 Å². The molecule has 2 aliphatic rings. The fraction of sp³-hybridized carbons (Fsp3) is 0.769. The molecule has 0 bridgehead atoms. The number of nitrogens with one attached hydrogen (secondary N) is 1. The monoisotopic (exact) mass is 295 g/mol. The van der Waals surface area contributed by atoms with Crippen molar-refractivity contribution in [1.82, 2.24) is 14.7 Å². The maximum Gasteiger partial charge on any atom is 0.333 e. The van der Waals surface area contributed by atoms with Gasteiger partial charge in [0.25, 0.3) is 0 Å². The number of morpholine rings is 1. The fourth-order valence-electron chi connectivity index (χ4n) is 2.91. The normalized spacial score (nSPS) is 23.2.